The standard InChI is InChI=1S/C16H10ClN2O2S.ClH/c1-9-2-4-15-14(6-9)18-12-8-11(17)13(19(20)21)7-10(12)3-5-16(18)22-15;/h2-8H,1H3;1H/q+1;/p-1. The Bertz CT molecular complexity index is 1090. The molecule has 0 amide bonds. The van der Waals surface area contributed by atoms with Crippen LogP contribution in [0.3, 0.4) is 0 Å². The first-order chi connectivity index (χ1) is 10.5. The molecule has 0 N–H and O–H groups in total. The number of aromatic nitrogens is 1. The first-order valence-corrected chi connectivity index (χ1v) is 7.85. The fourth-order valence-electron chi connectivity index (χ4n) is 2.72. The molecule has 0 saturated carbocycles. The van der Waals surface area contributed by atoms with Gasteiger partial charge in [0, 0.05) is 24.3 Å². The van der Waals surface area contributed by atoms with E-state index in [1.165, 1.54) is 16.3 Å². The summed E-state index contributed by atoms with van der Waals surface area (Å²) in [4.78, 5) is 11.7. The van der Waals surface area contributed by atoms with E-state index in [4.69, 9.17) is 11.6 Å². The quantitative estimate of drug-likeness (QED) is 0.293. The smallest absolute Gasteiger partial charge is 0.288 e. The van der Waals surface area contributed by atoms with Crippen molar-refractivity contribution < 1.29 is 21.7 Å². The molecule has 0 unspecified atom stereocenters. The summed E-state index contributed by atoms with van der Waals surface area (Å²) in [6.07, 6.45) is 0. The molecular weight excluding hydrogens is 355 g/mol. The lowest BCUT2D eigenvalue weighted by atomic mass is 10.2. The van der Waals surface area contributed by atoms with Gasteiger partial charge in [0.2, 0.25) is 11.0 Å². The Hall–Kier alpha value is -1.95. The summed E-state index contributed by atoms with van der Waals surface area (Å²) >= 11 is 7.78. The lowest BCUT2D eigenvalue weighted by molar-refractivity contribution is -0.446. The molecule has 23 heavy (non-hydrogen) atoms. The summed E-state index contributed by atoms with van der Waals surface area (Å²) in [7, 11) is 0. The van der Waals surface area contributed by atoms with Crippen molar-refractivity contribution in [3.8, 4) is 0 Å². The second-order valence-corrected chi connectivity index (χ2v) is 6.67. The molecule has 2 aromatic carbocycles. The number of halogens is 2. The summed E-state index contributed by atoms with van der Waals surface area (Å²) in [5, 5.41) is 12.0. The topological polar surface area (TPSA) is 47.2 Å². The first kappa shape index (κ1) is 15.9. The molecule has 0 aliphatic heterocycles. The third-order valence-corrected chi connectivity index (χ3v) is 5.13. The van der Waals surface area contributed by atoms with E-state index in [1.54, 1.807) is 17.4 Å². The minimum Gasteiger partial charge on any atom is -1.00 e. The summed E-state index contributed by atoms with van der Waals surface area (Å²) in [5.74, 6) is 0. The van der Waals surface area contributed by atoms with Gasteiger partial charge in [0.15, 0.2) is 0 Å². The molecule has 4 rings (SSSR count). The molecule has 0 spiro atoms. The first-order valence-electron chi connectivity index (χ1n) is 6.66. The second kappa shape index (κ2) is 5.60. The average molecular weight is 365 g/mol. The van der Waals surface area contributed by atoms with Crippen LogP contribution in [0.25, 0.3) is 25.9 Å². The number of hydrogen-bond donors (Lipinski definition) is 0. The van der Waals surface area contributed by atoms with E-state index in [1.807, 2.05) is 19.1 Å². The molecule has 0 radical (unpaired) electrons. The maximum Gasteiger partial charge on any atom is 0.288 e. The SMILES string of the molecule is Cc1ccc2sc3ccc4cc([N+](=O)[O-])c(Cl)cc4[n+]3c2c1.[Cl-]. The molecule has 4 nitrogen and oxygen atoms in total. The van der Waals surface area contributed by atoms with E-state index in [-0.39, 0.29) is 23.1 Å². The minimum atomic E-state index is -0.452. The molecule has 2 heterocycles. The Labute approximate surface area is 146 Å². The Morgan fingerprint density at radius 1 is 1.13 bits per heavy atom. The summed E-state index contributed by atoms with van der Waals surface area (Å²) in [6.45, 7) is 2.05. The Balaban J connectivity index is 0.00000156. The molecule has 4 aromatic rings. The van der Waals surface area contributed by atoms with Crippen LogP contribution >= 0.6 is 22.9 Å². The van der Waals surface area contributed by atoms with Crippen molar-refractivity contribution in [3.63, 3.8) is 0 Å². The lowest BCUT2D eigenvalue weighted by Crippen LogP contribution is -3.00. The highest BCUT2D eigenvalue weighted by atomic mass is 35.5. The number of rotatable bonds is 1. The van der Waals surface area contributed by atoms with Gasteiger partial charge < -0.3 is 12.4 Å². The van der Waals surface area contributed by atoms with E-state index in [0.29, 0.717) is 0 Å². The molecule has 0 saturated heterocycles. The zero-order valence-corrected chi connectivity index (χ0v) is 14.2. The van der Waals surface area contributed by atoms with Gasteiger partial charge in [-0.05, 0) is 24.6 Å². The van der Waals surface area contributed by atoms with Crippen LogP contribution in [0.15, 0.2) is 42.5 Å². The molecule has 0 aliphatic carbocycles. The monoisotopic (exact) mass is 364 g/mol. The van der Waals surface area contributed by atoms with Gasteiger partial charge in [-0.1, -0.05) is 29.0 Å². The maximum absolute atomic E-state index is 11.1. The number of pyridine rings is 1. The van der Waals surface area contributed by atoms with Crippen LogP contribution in [-0.2, 0) is 0 Å². The average Bonchev–Trinajstić information content (AvgIpc) is 2.84. The number of hydrogen-bond acceptors (Lipinski definition) is 3. The van der Waals surface area contributed by atoms with Crippen LogP contribution in [0.2, 0.25) is 5.02 Å². The van der Waals surface area contributed by atoms with E-state index in [2.05, 4.69) is 22.6 Å². The van der Waals surface area contributed by atoms with Crippen molar-refractivity contribution >= 4 is 54.6 Å². The Kier molecular flexibility index (Phi) is 3.88. The van der Waals surface area contributed by atoms with Crippen LogP contribution < -0.4 is 16.8 Å². The van der Waals surface area contributed by atoms with Gasteiger partial charge in [-0.2, -0.15) is 0 Å². The molecule has 0 atom stereocenters. The van der Waals surface area contributed by atoms with Gasteiger partial charge in [-0.25, -0.2) is 0 Å². The number of thiazole rings is 1. The van der Waals surface area contributed by atoms with Gasteiger partial charge in [0.1, 0.15) is 9.72 Å². The van der Waals surface area contributed by atoms with Gasteiger partial charge in [-0.3, -0.25) is 10.1 Å². The molecule has 0 bridgehead atoms. The highest BCUT2D eigenvalue weighted by Gasteiger charge is 2.22. The highest BCUT2D eigenvalue weighted by Crippen LogP contribution is 2.31. The van der Waals surface area contributed by atoms with E-state index >= 15 is 0 Å². The van der Waals surface area contributed by atoms with Crippen LogP contribution in [0.4, 0.5) is 5.69 Å². The van der Waals surface area contributed by atoms with Crippen LogP contribution in [0.5, 0.6) is 0 Å². The third kappa shape index (κ3) is 2.41. The number of fused-ring (bicyclic) bond motifs is 5. The molecule has 0 aliphatic rings. The van der Waals surface area contributed by atoms with Crippen molar-refractivity contribution in [1.29, 1.82) is 0 Å². The number of aryl methyl sites for hydroxylation is 1. The van der Waals surface area contributed by atoms with Crippen molar-refractivity contribution in [3.05, 3.63) is 63.2 Å². The largest absolute Gasteiger partial charge is 1.00 e. The second-order valence-electron chi connectivity index (χ2n) is 5.20. The van der Waals surface area contributed by atoms with E-state index in [0.717, 1.165) is 21.3 Å². The third-order valence-electron chi connectivity index (χ3n) is 3.73. The van der Waals surface area contributed by atoms with E-state index in [9.17, 15) is 10.1 Å². The lowest BCUT2D eigenvalue weighted by Gasteiger charge is -1.98. The summed E-state index contributed by atoms with van der Waals surface area (Å²) in [6, 6.07) is 13.4. The number of nitro groups is 1. The fraction of sp³-hybridized carbons (Fsp3) is 0.0625. The summed E-state index contributed by atoms with van der Waals surface area (Å²) in [5.41, 5.74) is 3.08. The van der Waals surface area contributed by atoms with Crippen LogP contribution in [0, 0.1) is 17.0 Å². The zero-order valence-electron chi connectivity index (χ0n) is 11.9. The molecule has 2 aromatic heterocycles. The predicted octanol–water partition coefficient (Wildman–Crippen LogP) is 1.67. The fourth-order valence-corrected chi connectivity index (χ4v) is 3.99. The highest BCUT2D eigenvalue weighted by molar-refractivity contribution is 7.23. The normalized spacial score (nSPS) is 11.0. The van der Waals surface area contributed by atoms with Crippen molar-refractivity contribution in [2.45, 2.75) is 6.92 Å². The van der Waals surface area contributed by atoms with Crippen LogP contribution in [0.1, 0.15) is 5.56 Å². The molecule has 0 fully saturated rings. The molecular formula is C16H10Cl2N2O2S. The van der Waals surface area contributed by atoms with Gasteiger partial charge in [0.25, 0.3) is 10.5 Å². The van der Waals surface area contributed by atoms with Crippen molar-refractivity contribution in [1.82, 2.24) is 0 Å². The summed E-state index contributed by atoms with van der Waals surface area (Å²) < 4.78 is 3.28. The number of nitro benzene ring substituents is 1. The predicted molar refractivity (Wildman–Crippen MR) is 88.9 cm³/mol. The minimum absolute atomic E-state index is 0. The maximum atomic E-state index is 11.1. The molecule has 116 valence electrons. The zero-order chi connectivity index (χ0) is 15.4. The van der Waals surface area contributed by atoms with Crippen molar-refractivity contribution in [2.24, 2.45) is 0 Å². The van der Waals surface area contributed by atoms with Gasteiger partial charge in [-0.15, -0.1) is 4.40 Å². The number of nitrogens with zero attached hydrogens (tertiary/aromatic N) is 2. The number of benzene rings is 2. The Morgan fingerprint density at radius 3 is 2.65 bits per heavy atom. The van der Waals surface area contributed by atoms with Crippen molar-refractivity contribution in [2.75, 3.05) is 0 Å². The molecule has 7 heteroatoms. The van der Waals surface area contributed by atoms with Gasteiger partial charge >= 0.3 is 0 Å². The Morgan fingerprint density at radius 2 is 1.91 bits per heavy atom. The van der Waals surface area contributed by atoms with Gasteiger partial charge in [0.05, 0.1) is 10.3 Å². The van der Waals surface area contributed by atoms with E-state index < -0.39 is 4.92 Å². The van der Waals surface area contributed by atoms with Crippen LogP contribution in [-0.4, -0.2) is 4.92 Å².